The van der Waals surface area contributed by atoms with E-state index in [1.165, 1.54) is 13.8 Å². The Morgan fingerprint density at radius 3 is 1.80 bits per heavy atom. The Labute approximate surface area is 59.4 Å². The van der Waals surface area contributed by atoms with Crippen molar-refractivity contribution in [2.45, 2.75) is 31.8 Å². The van der Waals surface area contributed by atoms with E-state index in [2.05, 4.69) is 0 Å². The molecule has 0 radical (unpaired) electrons. The molecule has 0 rings (SSSR count). The summed E-state index contributed by atoms with van der Waals surface area (Å²) in [5, 5.41) is 26.7. The highest BCUT2D eigenvalue weighted by Gasteiger charge is 2.29. The Balaban J connectivity index is 3.89. The van der Waals surface area contributed by atoms with Crippen molar-refractivity contribution in [3.05, 3.63) is 0 Å². The van der Waals surface area contributed by atoms with Crippen molar-refractivity contribution >= 4 is 0 Å². The van der Waals surface area contributed by atoms with Crippen molar-refractivity contribution in [1.82, 2.24) is 5.43 Å². The molecule has 0 aliphatic heterocycles. The lowest BCUT2D eigenvalue weighted by molar-refractivity contribution is -0.214. The minimum Gasteiger partial charge on any atom is -0.390 e. The van der Waals surface area contributed by atoms with Crippen molar-refractivity contribution in [2.75, 3.05) is 0 Å². The Hall–Kier alpha value is -0.200. The van der Waals surface area contributed by atoms with Crippen LogP contribution in [0.4, 0.5) is 0 Å². The van der Waals surface area contributed by atoms with Crippen LogP contribution in [-0.4, -0.2) is 26.8 Å². The van der Waals surface area contributed by atoms with Gasteiger partial charge in [0.2, 0.25) is 5.91 Å². The molecule has 62 valence electrons. The van der Waals surface area contributed by atoms with Crippen LogP contribution in [0, 0.1) is 0 Å². The predicted octanol–water partition coefficient (Wildman–Crippen LogP) is -1.75. The Morgan fingerprint density at radius 1 is 1.30 bits per heavy atom. The quantitative estimate of drug-likeness (QED) is 0.187. The molecule has 5 nitrogen and oxygen atoms in total. The van der Waals surface area contributed by atoms with Crippen molar-refractivity contribution in [3.8, 4) is 0 Å². The molecule has 5 heteroatoms. The second kappa shape index (κ2) is 2.81. The highest BCUT2D eigenvalue weighted by atomic mass is 16.5. The Morgan fingerprint density at radius 2 is 1.70 bits per heavy atom. The number of nitrogens with one attached hydrogen (secondary N) is 1. The first-order valence-electron chi connectivity index (χ1n) is 2.92. The van der Waals surface area contributed by atoms with Crippen LogP contribution in [0.15, 0.2) is 0 Å². The molecular weight excluding hydrogens is 136 g/mol. The average Bonchev–Trinajstić information content (AvgIpc) is 1.60. The van der Waals surface area contributed by atoms with Crippen LogP contribution in [0.25, 0.3) is 0 Å². The first-order chi connectivity index (χ1) is 4.27. The number of hydrogen-bond acceptors (Lipinski definition) is 5. The van der Waals surface area contributed by atoms with Gasteiger partial charge in [-0.25, -0.2) is 5.43 Å². The first kappa shape index (κ1) is 9.80. The number of nitrogens with two attached hydrogens (primary N) is 1. The van der Waals surface area contributed by atoms with Gasteiger partial charge in [-0.3, -0.25) is 5.84 Å². The summed E-state index contributed by atoms with van der Waals surface area (Å²) in [5.41, 5.74) is 0.592. The van der Waals surface area contributed by atoms with Gasteiger partial charge < -0.3 is 15.3 Å². The van der Waals surface area contributed by atoms with E-state index in [9.17, 15) is 0 Å². The van der Waals surface area contributed by atoms with E-state index in [1.807, 2.05) is 0 Å². The van der Waals surface area contributed by atoms with Gasteiger partial charge in [0.1, 0.15) is 0 Å². The zero-order chi connectivity index (χ0) is 8.41. The zero-order valence-corrected chi connectivity index (χ0v) is 6.13. The number of aliphatic hydroxyl groups is 3. The summed E-state index contributed by atoms with van der Waals surface area (Å²) in [6.45, 7) is 2.90. The fraction of sp³-hybridized carbons (Fsp3) is 1.00. The molecule has 0 bridgehead atoms. The normalized spacial score (nSPS) is 13.8. The van der Waals surface area contributed by atoms with Gasteiger partial charge in [0, 0.05) is 6.42 Å². The van der Waals surface area contributed by atoms with Crippen LogP contribution >= 0.6 is 0 Å². The van der Waals surface area contributed by atoms with Crippen LogP contribution < -0.4 is 11.3 Å². The van der Waals surface area contributed by atoms with Gasteiger partial charge in [-0.05, 0) is 13.8 Å². The molecule has 0 aromatic carbocycles. The maximum atomic E-state index is 9.07. The highest BCUT2D eigenvalue weighted by Crippen LogP contribution is 2.14. The van der Waals surface area contributed by atoms with Crippen molar-refractivity contribution < 1.29 is 15.3 Å². The molecule has 0 aromatic heterocycles. The molecule has 0 fully saturated rings. The van der Waals surface area contributed by atoms with Gasteiger partial charge in [0.25, 0.3) is 0 Å². The van der Waals surface area contributed by atoms with Crippen LogP contribution in [-0.2, 0) is 0 Å². The first-order valence-corrected chi connectivity index (χ1v) is 2.92. The topological polar surface area (TPSA) is 98.7 Å². The monoisotopic (exact) mass is 150 g/mol. The van der Waals surface area contributed by atoms with Crippen molar-refractivity contribution in [1.29, 1.82) is 0 Å². The molecule has 6 N–H and O–H groups in total. The molecule has 0 aliphatic carbocycles. The Bertz CT molecular complexity index is 108. The molecule has 0 heterocycles. The minimum atomic E-state index is -2.20. The number of hydrogen-bond donors (Lipinski definition) is 5. The summed E-state index contributed by atoms with van der Waals surface area (Å²) in [6.07, 6.45) is -0.253. The highest BCUT2D eigenvalue weighted by molar-refractivity contribution is 4.72. The molecule has 0 unspecified atom stereocenters. The summed E-state index contributed by atoms with van der Waals surface area (Å²) >= 11 is 0. The van der Waals surface area contributed by atoms with Crippen LogP contribution in [0.2, 0.25) is 0 Å². The fourth-order valence-corrected chi connectivity index (χ4v) is 0.654. The minimum absolute atomic E-state index is 0.253. The van der Waals surface area contributed by atoms with Crippen LogP contribution in [0.3, 0.4) is 0 Å². The number of rotatable bonds is 3. The molecule has 0 aromatic rings. The Kier molecular flexibility index (Phi) is 2.76. The average molecular weight is 150 g/mol. The maximum absolute atomic E-state index is 9.07. The van der Waals surface area contributed by atoms with E-state index in [0.717, 1.165) is 0 Å². The lowest BCUT2D eigenvalue weighted by atomic mass is 10.0. The van der Waals surface area contributed by atoms with Gasteiger partial charge in [-0.2, -0.15) is 0 Å². The van der Waals surface area contributed by atoms with Gasteiger partial charge >= 0.3 is 0 Å². The van der Waals surface area contributed by atoms with E-state index in [0.29, 0.717) is 0 Å². The lowest BCUT2D eigenvalue weighted by Gasteiger charge is -2.27. The van der Waals surface area contributed by atoms with E-state index >= 15 is 0 Å². The third-order valence-electron chi connectivity index (χ3n) is 0.910. The van der Waals surface area contributed by atoms with Gasteiger partial charge in [-0.15, -0.1) is 0 Å². The van der Waals surface area contributed by atoms with Gasteiger partial charge in [0.05, 0.1) is 5.60 Å². The van der Waals surface area contributed by atoms with E-state index in [4.69, 9.17) is 21.2 Å². The van der Waals surface area contributed by atoms with Gasteiger partial charge in [0.15, 0.2) is 0 Å². The van der Waals surface area contributed by atoms with E-state index < -0.39 is 11.5 Å². The van der Waals surface area contributed by atoms with E-state index in [1.54, 1.807) is 5.43 Å². The summed E-state index contributed by atoms with van der Waals surface area (Å²) in [7, 11) is 0. The lowest BCUT2D eigenvalue weighted by Crippen LogP contribution is -2.53. The molecular formula is C5H14N2O3. The third-order valence-corrected chi connectivity index (χ3v) is 0.910. The molecule has 10 heavy (non-hydrogen) atoms. The zero-order valence-electron chi connectivity index (χ0n) is 6.13. The summed E-state index contributed by atoms with van der Waals surface area (Å²) < 4.78 is 0. The predicted molar refractivity (Wildman–Crippen MR) is 35.4 cm³/mol. The second-order valence-electron chi connectivity index (χ2n) is 2.95. The largest absolute Gasteiger partial charge is 0.390 e. The molecule has 0 saturated heterocycles. The fourth-order valence-electron chi connectivity index (χ4n) is 0.654. The van der Waals surface area contributed by atoms with Crippen molar-refractivity contribution in [3.63, 3.8) is 0 Å². The summed E-state index contributed by atoms with van der Waals surface area (Å²) in [5.74, 6) is 2.56. The number of hydrazine groups is 1. The molecule has 0 amide bonds. The summed E-state index contributed by atoms with van der Waals surface area (Å²) in [6, 6.07) is 0. The van der Waals surface area contributed by atoms with Crippen molar-refractivity contribution in [2.24, 2.45) is 5.84 Å². The van der Waals surface area contributed by atoms with Gasteiger partial charge in [-0.1, -0.05) is 0 Å². The molecule has 0 atom stereocenters. The maximum Gasteiger partial charge on any atom is 0.237 e. The standard InChI is InChI=1S/C5H14N2O3/c1-4(2,8)3-5(9,10)7-6/h7-10H,3,6H2,1-2H3. The second-order valence-corrected chi connectivity index (χ2v) is 2.95. The van der Waals surface area contributed by atoms with Crippen LogP contribution in [0.5, 0.6) is 0 Å². The molecule has 0 spiro atoms. The SMILES string of the molecule is CC(C)(O)CC(O)(O)NN. The third kappa shape index (κ3) is 4.66. The smallest absolute Gasteiger partial charge is 0.237 e. The summed E-state index contributed by atoms with van der Waals surface area (Å²) in [4.78, 5) is 0. The molecule has 0 aliphatic rings. The molecule has 0 saturated carbocycles. The van der Waals surface area contributed by atoms with E-state index in [-0.39, 0.29) is 6.42 Å². The van der Waals surface area contributed by atoms with Crippen LogP contribution in [0.1, 0.15) is 20.3 Å².